The Bertz CT molecular complexity index is 76.0. The fourth-order valence-electron chi connectivity index (χ4n) is 1.03. The van der Waals surface area contributed by atoms with Crippen LogP contribution in [0.15, 0.2) is 0 Å². The van der Waals surface area contributed by atoms with Gasteiger partial charge in [-0.1, -0.05) is 42.1 Å². The maximum atomic E-state index is 8.73. The summed E-state index contributed by atoms with van der Waals surface area (Å²) in [6.07, 6.45) is 6.38. The quantitative estimate of drug-likeness (QED) is 0.519. The van der Waals surface area contributed by atoms with E-state index < -0.39 is 0 Å². The van der Waals surface area contributed by atoms with Crippen LogP contribution in [0.25, 0.3) is 0 Å². The van der Waals surface area contributed by atoms with Gasteiger partial charge in [-0.25, -0.2) is 0 Å². The molecule has 68 valence electrons. The summed E-state index contributed by atoms with van der Waals surface area (Å²) in [7, 11) is 0. The molecule has 11 heavy (non-hydrogen) atoms. The molecule has 2 heteroatoms. The monoisotopic (exact) mass is 222 g/mol. The van der Waals surface area contributed by atoms with Crippen molar-refractivity contribution in [2.75, 3.05) is 11.9 Å². The fourth-order valence-corrected chi connectivity index (χ4v) is 1.43. The molecule has 0 saturated heterocycles. The highest BCUT2D eigenvalue weighted by Gasteiger charge is 1.98. The molecule has 0 aromatic carbocycles. The van der Waals surface area contributed by atoms with E-state index in [0.29, 0.717) is 12.5 Å². The molecule has 0 saturated carbocycles. The number of unbranched alkanes of at least 4 members (excludes halogenated alkanes) is 3. The zero-order chi connectivity index (χ0) is 8.53. The highest BCUT2D eigenvalue weighted by molar-refractivity contribution is 9.09. The summed E-state index contributed by atoms with van der Waals surface area (Å²) < 4.78 is 0. The molecular weight excluding hydrogens is 204 g/mol. The van der Waals surface area contributed by atoms with Crippen LogP contribution in [0, 0.1) is 5.92 Å². The fraction of sp³-hybridized carbons (Fsp3) is 1.00. The van der Waals surface area contributed by atoms with Gasteiger partial charge in [0.1, 0.15) is 0 Å². The molecule has 0 heterocycles. The highest BCUT2D eigenvalue weighted by atomic mass is 79.9. The van der Waals surface area contributed by atoms with Gasteiger partial charge in [0.2, 0.25) is 0 Å². The Morgan fingerprint density at radius 2 is 1.82 bits per heavy atom. The molecule has 0 rings (SSSR count). The second-order valence-corrected chi connectivity index (χ2v) is 3.97. The van der Waals surface area contributed by atoms with Crippen molar-refractivity contribution in [2.24, 2.45) is 5.92 Å². The minimum Gasteiger partial charge on any atom is -0.396 e. The molecular formula is C9H19BrO. The van der Waals surface area contributed by atoms with Gasteiger partial charge >= 0.3 is 0 Å². The Labute approximate surface area is 78.3 Å². The molecule has 1 unspecified atom stereocenters. The van der Waals surface area contributed by atoms with Gasteiger partial charge in [-0.15, -0.1) is 0 Å². The number of aliphatic hydroxyl groups is 1. The molecule has 0 aromatic heterocycles. The number of hydrogen-bond donors (Lipinski definition) is 1. The molecule has 0 fully saturated rings. The van der Waals surface area contributed by atoms with Crippen molar-refractivity contribution in [2.45, 2.75) is 39.0 Å². The van der Waals surface area contributed by atoms with E-state index in [2.05, 4.69) is 22.9 Å². The molecule has 0 bridgehead atoms. The number of rotatable bonds is 7. The van der Waals surface area contributed by atoms with Crippen LogP contribution in [0.4, 0.5) is 0 Å². The second kappa shape index (κ2) is 8.54. The SMILES string of the molecule is CC(CO)CCCCCCBr. The summed E-state index contributed by atoms with van der Waals surface area (Å²) in [5.41, 5.74) is 0. The number of halogens is 1. The van der Waals surface area contributed by atoms with Gasteiger partial charge in [0.05, 0.1) is 0 Å². The standard InChI is InChI=1S/C9H19BrO/c1-9(8-11)6-4-2-3-5-7-10/h9,11H,2-8H2,1H3. The van der Waals surface area contributed by atoms with E-state index in [-0.39, 0.29) is 0 Å². The number of aliphatic hydroxyl groups excluding tert-OH is 1. The Morgan fingerprint density at radius 3 is 2.36 bits per heavy atom. The second-order valence-electron chi connectivity index (χ2n) is 3.18. The Hall–Kier alpha value is 0.440. The molecule has 0 aliphatic carbocycles. The Morgan fingerprint density at radius 1 is 1.18 bits per heavy atom. The molecule has 1 N–H and O–H groups in total. The topological polar surface area (TPSA) is 20.2 Å². The molecule has 1 nitrogen and oxygen atoms in total. The van der Waals surface area contributed by atoms with Crippen molar-refractivity contribution in [1.82, 2.24) is 0 Å². The van der Waals surface area contributed by atoms with Gasteiger partial charge in [0.15, 0.2) is 0 Å². The third kappa shape index (κ3) is 8.35. The summed E-state index contributed by atoms with van der Waals surface area (Å²) in [6, 6.07) is 0. The molecule has 0 aliphatic heterocycles. The first-order valence-corrected chi connectivity index (χ1v) is 5.60. The van der Waals surface area contributed by atoms with Gasteiger partial charge in [-0.3, -0.25) is 0 Å². The van der Waals surface area contributed by atoms with Crippen LogP contribution < -0.4 is 0 Å². The third-order valence-electron chi connectivity index (χ3n) is 1.89. The molecule has 0 spiro atoms. The molecule has 0 aliphatic rings. The molecule has 0 aromatic rings. The van der Waals surface area contributed by atoms with Crippen LogP contribution in [0.3, 0.4) is 0 Å². The maximum absolute atomic E-state index is 8.73. The normalized spacial score (nSPS) is 13.4. The largest absolute Gasteiger partial charge is 0.396 e. The van der Waals surface area contributed by atoms with Gasteiger partial charge in [-0.05, 0) is 18.8 Å². The van der Waals surface area contributed by atoms with E-state index in [4.69, 9.17) is 5.11 Å². The average molecular weight is 223 g/mol. The first kappa shape index (κ1) is 11.4. The smallest absolute Gasteiger partial charge is 0.0456 e. The predicted octanol–water partition coefficient (Wildman–Crippen LogP) is 2.96. The lowest BCUT2D eigenvalue weighted by molar-refractivity contribution is 0.227. The third-order valence-corrected chi connectivity index (χ3v) is 2.45. The summed E-state index contributed by atoms with van der Waals surface area (Å²) >= 11 is 3.40. The lowest BCUT2D eigenvalue weighted by Crippen LogP contribution is -1.99. The van der Waals surface area contributed by atoms with Crippen molar-refractivity contribution in [3.8, 4) is 0 Å². The minimum absolute atomic E-state index is 0.346. The van der Waals surface area contributed by atoms with Crippen molar-refractivity contribution < 1.29 is 5.11 Å². The van der Waals surface area contributed by atoms with Crippen LogP contribution >= 0.6 is 15.9 Å². The lowest BCUT2D eigenvalue weighted by Gasteiger charge is -2.05. The van der Waals surface area contributed by atoms with Crippen LogP contribution in [0.1, 0.15) is 39.0 Å². The van der Waals surface area contributed by atoms with Crippen molar-refractivity contribution >= 4 is 15.9 Å². The summed E-state index contributed by atoms with van der Waals surface area (Å²) in [5, 5.41) is 9.86. The van der Waals surface area contributed by atoms with Crippen LogP contribution in [0.2, 0.25) is 0 Å². The van der Waals surface area contributed by atoms with E-state index in [1.807, 2.05) is 0 Å². The van der Waals surface area contributed by atoms with Gasteiger partial charge in [-0.2, -0.15) is 0 Å². The number of hydrogen-bond acceptors (Lipinski definition) is 1. The van der Waals surface area contributed by atoms with Gasteiger partial charge in [0, 0.05) is 11.9 Å². The van der Waals surface area contributed by atoms with Crippen LogP contribution in [-0.4, -0.2) is 17.0 Å². The Balaban J connectivity index is 2.89. The van der Waals surface area contributed by atoms with Gasteiger partial charge in [0.25, 0.3) is 0 Å². The first-order valence-electron chi connectivity index (χ1n) is 4.48. The number of alkyl halides is 1. The van der Waals surface area contributed by atoms with E-state index in [1.54, 1.807) is 0 Å². The van der Waals surface area contributed by atoms with Crippen molar-refractivity contribution in [3.05, 3.63) is 0 Å². The zero-order valence-corrected chi connectivity index (χ0v) is 8.94. The molecule has 0 radical (unpaired) electrons. The lowest BCUT2D eigenvalue weighted by atomic mass is 10.0. The summed E-state index contributed by atoms with van der Waals surface area (Å²) in [6.45, 7) is 2.45. The van der Waals surface area contributed by atoms with Gasteiger partial charge < -0.3 is 5.11 Å². The van der Waals surface area contributed by atoms with E-state index >= 15 is 0 Å². The Kier molecular flexibility index (Phi) is 8.88. The van der Waals surface area contributed by atoms with E-state index in [1.165, 1.54) is 32.1 Å². The summed E-state index contributed by atoms with van der Waals surface area (Å²) in [5.74, 6) is 0.499. The van der Waals surface area contributed by atoms with E-state index in [9.17, 15) is 0 Å². The average Bonchev–Trinajstić information content (AvgIpc) is 2.04. The van der Waals surface area contributed by atoms with E-state index in [0.717, 1.165) is 5.33 Å². The first-order chi connectivity index (χ1) is 5.31. The highest BCUT2D eigenvalue weighted by Crippen LogP contribution is 2.09. The molecule has 0 amide bonds. The van der Waals surface area contributed by atoms with Crippen LogP contribution in [-0.2, 0) is 0 Å². The van der Waals surface area contributed by atoms with Crippen LogP contribution in [0.5, 0.6) is 0 Å². The van der Waals surface area contributed by atoms with Crippen molar-refractivity contribution in [1.29, 1.82) is 0 Å². The predicted molar refractivity (Wildman–Crippen MR) is 53.1 cm³/mol. The van der Waals surface area contributed by atoms with Crippen molar-refractivity contribution in [3.63, 3.8) is 0 Å². The molecule has 1 atom stereocenters. The minimum atomic E-state index is 0.346. The summed E-state index contributed by atoms with van der Waals surface area (Å²) in [4.78, 5) is 0. The maximum Gasteiger partial charge on any atom is 0.0456 e. The zero-order valence-electron chi connectivity index (χ0n) is 7.35.